The maximum atomic E-state index is 12.8. The summed E-state index contributed by atoms with van der Waals surface area (Å²) in [6.07, 6.45) is -4.65. The van der Waals surface area contributed by atoms with Crippen LogP contribution in [0.1, 0.15) is 16.7 Å². The minimum Gasteiger partial charge on any atom is -0.489 e. The Bertz CT molecular complexity index is 997. The van der Waals surface area contributed by atoms with E-state index in [0.29, 0.717) is 27.5 Å². The third-order valence-electron chi connectivity index (χ3n) is 4.19. The molecule has 0 radical (unpaired) electrons. The van der Waals surface area contributed by atoms with Crippen molar-refractivity contribution in [2.75, 3.05) is 0 Å². The van der Waals surface area contributed by atoms with Crippen molar-refractivity contribution in [3.05, 3.63) is 88.4 Å². The first-order chi connectivity index (χ1) is 13.7. The van der Waals surface area contributed by atoms with Crippen LogP contribution in [0.4, 0.5) is 13.2 Å². The average molecular weight is 421 g/mol. The van der Waals surface area contributed by atoms with Crippen molar-refractivity contribution in [1.29, 1.82) is 0 Å². The highest BCUT2D eigenvalue weighted by Crippen LogP contribution is 2.32. The van der Waals surface area contributed by atoms with E-state index in [1.54, 1.807) is 42.5 Å². The number of rotatable bonds is 6. The molecule has 0 fully saturated rings. The van der Waals surface area contributed by atoms with E-state index in [-0.39, 0.29) is 13.0 Å². The van der Waals surface area contributed by atoms with Gasteiger partial charge in [-0.1, -0.05) is 41.9 Å². The van der Waals surface area contributed by atoms with Crippen LogP contribution in [0.15, 0.2) is 66.7 Å². The molecule has 0 aliphatic carbocycles. The van der Waals surface area contributed by atoms with E-state index in [4.69, 9.17) is 21.4 Å². The number of hydrogen-bond acceptors (Lipinski definition) is 2. The molecule has 0 aliphatic rings. The summed E-state index contributed by atoms with van der Waals surface area (Å²) >= 11 is 5.86. The van der Waals surface area contributed by atoms with E-state index in [1.165, 1.54) is 12.1 Å². The Morgan fingerprint density at radius 3 is 2.14 bits per heavy atom. The zero-order chi connectivity index (χ0) is 21.0. The number of aliphatic carboxylic acids is 1. The van der Waals surface area contributed by atoms with E-state index in [0.717, 1.165) is 17.7 Å². The first-order valence-corrected chi connectivity index (χ1v) is 8.99. The van der Waals surface area contributed by atoms with Crippen molar-refractivity contribution in [3.63, 3.8) is 0 Å². The minimum atomic E-state index is -4.42. The lowest BCUT2D eigenvalue weighted by atomic mass is 10.00. The Hall–Kier alpha value is -2.99. The van der Waals surface area contributed by atoms with E-state index in [2.05, 4.69) is 0 Å². The van der Waals surface area contributed by atoms with Gasteiger partial charge in [-0.25, -0.2) is 0 Å². The molecule has 3 aromatic rings. The molecular formula is C22H16ClF3O3. The smallest absolute Gasteiger partial charge is 0.416 e. The topological polar surface area (TPSA) is 46.5 Å². The van der Waals surface area contributed by atoms with Gasteiger partial charge in [0, 0.05) is 5.02 Å². The lowest BCUT2D eigenvalue weighted by Crippen LogP contribution is -2.04. The quantitative estimate of drug-likeness (QED) is 0.514. The van der Waals surface area contributed by atoms with Crippen LogP contribution in [0.25, 0.3) is 11.1 Å². The molecule has 0 unspecified atom stereocenters. The van der Waals surface area contributed by atoms with Crippen LogP contribution in [-0.2, 0) is 24.0 Å². The van der Waals surface area contributed by atoms with Crippen LogP contribution >= 0.6 is 11.6 Å². The number of hydrogen-bond donors (Lipinski definition) is 1. The Kier molecular flexibility index (Phi) is 6.13. The van der Waals surface area contributed by atoms with E-state index < -0.39 is 17.7 Å². The SMILES string of the molecule is O=C(O)Cc1cc(OCc2ccc(Cl)cc2)cc(-c2ccc(C(F)(F)F)cc2)c1. The van der Waals surface area contributed by atoms with Crippen LogP contribution < -0.4 is 4.74 Å². The molecule has 0 saturated carbocycles. The predicted molar refractivity (Wildman–Crippen MR) is 104 cm³/mol. The van der Waals surface area contributed by atoms with E-state index in [9.17, 15) is 18.0 Å². The van der Waals surface area contributed by atoms with Gasteiger partial charge in [-0.3, -0.25) is 4.79 Å². The summed E-state index contributed by atoms with van der Waals surface area (Å²) in [4.78, 5) is 11.1. The minimum absolute atomic E-state index is 0.230. The van der Waals surface area contributed by atoms with Crippen molar-refractivity contribution in [2.45, 2.75) is 19.2 Å². The Morgan fingerprint density at radius 2 is 1.55 bits per heavy atom. The summed E-state index contributed by atoms with van der Waals surface area (Å²) in [5.41, 5.74) is 1.71. The van der Waals surface area contributed by atoms with Crippen LogP contribution in [-0.4, -0.2) is 11.1 Å². The molecule has 150 valence electrons. The number of benzene rings is 3. The summed E-state index contributed by atoms with van der Waals surface area (Å²) in [5.74, 6) is -0.591. The van der Waals surface area contributed by atoms with E-state index in [1.807, 2.05) is 0 Å². The summed E-state index contributed by atoms with van der Waals surface area (Å²) in [5, 5.41) is 9.70. The first-order valence-electron chi connectivity index (χ1n) is 8.61. The summed E-state index contributed by atoms with van der Waals surface area (Å²) in [7, 11) is 0. The summed E-state index contributed by atoms with van der Waals surface area (Å²) in [6.45, 7) is 0.236. The molecule has 29 heavy (non-hydrogen) atoms. The average Bonchev–Trinajstić information content (AvgIpc) is 2.66. The molecule has 0 amide bonds. The summed E-state index contributed by atoms with van der Waals surface area (Å²) in [6, 6.07) is 16.7. The molecule has 0 spiro atoms. The van der Waals surface area contributed by atoms with Gasteiger partial charge in [0.05, 0.1) is 12.0 Å². The molecular weight excluding hydrogens is 405 g/mol. The van der Waals surface area contributed by atoms with Gasteiger partial charge in [0.15, 0.2) is 0 Å². The lowest BCUT2D eigenvalue weighted by Gasteiger charge is -2.12. The number of alkyl halides is 3. The number of carboxylic acids is 1. The van der Waals surface area contributed by atoms with Gasteiger partial charge in [-0.15, -0.1) is 0 Å². The monoisotopic (exact) mass is 420 g/mol. The normalized spacial score (nSPS) is 11.3. The largest absolute Gasteiger partial charge is 0.489 e. The third-order valence-corrected chi connectivity index (χ3v) is 4.44. The second kappa shape index (κ2) is 8.57. The highest BCUT2D eigenvalue weighted by molar-refractivity contribution is 6.30. The molecule has 3 nitrogen and oxygen atoms in total. The molecule has 1 N–H and O–H groups in total. The third kappa shape index (κ3) is 5.74. The van der Waals surface area contributed by atoms with Crippen LogP contribution in [0.5, 0.6) is 5.75 Å². The molecule has 3 aromatic carbocycles. The maximum absolute atomic E-state index is 12.8. The standard InChI is InChI=1S/C22H16ClF3O3/c23-19-7-1-14(2-8-19)13-29-20-10-15(11-21(27)28)9-17(12-20)16-3-5-18(6-4-16)22(24,25)26/h1-10,12H,11,13H2,(H,27,28). The molecule has 3 rings (SSSR count). The Balaban J connectivity index is 1.88. The van der Waals surface area contributed by atoms with Crippen LogP contribution in [0.2, 0.25) is 5.02 Å². The van der Waals surface area contributed by atoms with Gasteiger partial charge >= 0.3 is 12.1 Å². The Morgan fingerprint density at radius 1 is 0.897 bits per heavy atom. The van der Waals surface area contributed by atoms with Gasteiger partial charge < -0.3 is 9.84 Å². The molecule has 0 heterocycles. The number of halogens is 4. The zero-order valence-electron chi connectivity index (χ0n) is 15.0. The fourth-order valence-electron chi connectivity index (χ4n) is 2.79. The number of ether oxygens (including phenoxy) is 1. The van der Waals surface area contributed by atoms with Gasteiger partial charge in [0.1, 0.15) is 12.4 Å². The van der Waals surface area contributed by atoms with Gasteiger partial charge in [0.25, 0.3) is 0 Å². The van der Waals surface area contributed by atoms with Gasteiger partial charge in [-0.05, 0) is 58.7 Å². The van der Waals surface area contributed by atoms with Crippen molar-refractivity contribution in [2.24, 2.45) is 0 Å². The second-order valence-corrected chi connectivity index (χ2v) is 6.86. The molecule has 0 bridgehead atoms. The first kappa shape index (κ1) is 20.7. The number of carboxylic acid groups (broad SMARTS) is 1. The second-order valence-electron chi connectivity index (χ2n) is 6.43. The highest BCUT2D eigenvalue weighted by atomic mass is 35.5. The molecule has 0 saturated heterocycles. The lowest BCUT2D eigenvalue weighted by molar-refractivity contribution is -0.138. The predicted octanol–water partition coefficient (Wildman–Crippen LogP) is 6.23. The zero-order valence-corrected chi connectivity index (χ0v) is 15.8. The van der Waals surface area contributed by atoms with Crippen molar-refractivity contribution < 1.29 is 27.8 Å². The Labute approximate surface area is 170 Å². The van der Waals surface area contributed by atoms with Gasteiger partial charge in [0.2, 0.25) is 0 Å². The molecule has 0 aromatic heterocycles. The maximum Gasteiger partial charge on any atom is 0.416 e. The van der Waals surface area contributed by atoms with Crippen LogP contribution in [0, 0.1) is 0 Å². The fraction of sp³-hybridized carbons (Fsp3) is 0.136. The number of carbonyl (C=O) groups is 1. The molecule has 7 heteroatoms. The highest BCUT2D eigenvalue weighted by Gasteiger charge is 2.30. The van der Waals surface area contributed by atoms with Crippen molar-refractivity contribution in [1.82, 2.24) is 0 Å². The van der Waals surface area contributed by atoms with E-state index >= 15 is 0 Å². The van der Waals surface area contributed by atoms with Gasteiger partial charge in [-0.2, -0.15) is 13.2 Å². The van der Waals surface area contributed by atoms with Crippen molar-refractivity contribution in [3.8, 4) is 16.9 Å². The molecule has 0 aliphatic heterocycles. The summed E-state index contributed by atoms with van der Waals surface area (Å²) < 4.78 is 44.1. The van der Waals surface area contributed by atoms with Crippen LogP contribution in [0.3, 0.4) is 0 Å². The van der Waals surface area contributed by atoms with Crippen molar-refractivity contribution >= 4 is 17.6 Å². The fourth-order valence-corrected chi connectivity index (χ4v) is 2.91. The molecule has 0 atom stereocenters.